The van der Waals surface area contributed by atoms with E-state index in [1.54, 1.807) is 11.3 Å². The number of carbonyl (C=O) groups is 2. The van der Waals surface area contributed by atoms with Crippen LogP contribution in [0.3, 0.4) is 0 Å². The quantitative estimate of drug-likeness (QED) is 0.765. The van der Waals surface area contributed by atoms with Gasteiger partial charge in [-0.2, -0.15) is 0 Å². The van der Waals surface area contributed by atoms with Gasteiger partial charge in [0.15, 0.2) is 0 Å². The number of hydrogen-bond donors (Lipinski definition) is 2. The Hall–Kier alpha value is -1.88. The molecule has 2 amide bonds. The van der Waals surface area contributed by atoms with E-state index in [0.717, 1.165) is 12.8 Å². The van der Waals surface area contributed by atoms with E-state index in [0.29, 0.717) is 19.4 Å². The molecular formula is C18H22N2O2S. The van der Waals surface area contributed by atoms with Gasteiger partial charge in [-0.1, -0.05) is 18.2 Å². The first kappa shape index (κ1) is 16.0. The first-order valence-corrected chi connectivity index (χ1v) is 9.06. The summed E-state index contributed by atoms with van der Waals surface area (Å²) in [4.78, 5) is 23.6. The van der Waals surface area contributed by atoms with Crippen LogP contribution in [-0.2, 0) is 9.59 Å². The van der Waals surface area contributed by atoms with Gasteiger partial charge in [-0.05, 0) is 48.6 Å². The fourth-order valence-electron chi connectivity index (χ4n) is 2.68. The first-order valence-electron chi connectivity index (χ1n) is 8.18. The van der Waals surface area contributed by atoms with E-state index in [9.17, 15) is 9.59 Å². The van der Waals surface area contributed by atoms with Gasteiger partial charge in [0.1, 0.15) is 0 Å². The van der Waals surface area contributed by atoms with Crippen molar-refractivity contribution >= 4 is 33.2 Å². The average molecular weight is 330 g/mol. The van der Waals surface area contributed by atoms with E-state index in [1.807, 2.05) is 19.1 Å². The minimum atomic E-state index is -0.000273. The molecule has 0 bridgehead atoms. The van der Waals surface area contributed by atoms with Crippen LogP contribution >= 0.6 is 11.3 Å². The molecule has 0 aliphatic heterocycles. The van der Waals surface area contributed by atoms with Crippen molar-refractivity contribution in [3.05, 3.63) is 35.2 Å². The lowest BCUT2D eigenvalue weighted by molar-refractivity contribution is -0.123. The molecule has 23 heavy (non-hydrogen) atoms. The van der Waals surface area contributed by atoms with Gasteiger partial charge in [0.25, 0.3) is 0 Å². The Morgan fingerprint density at radius 1 is 1.30 bits per heavy atom. The Morgan fingerprint density at radius 2 is 2.09 bits per heavy atom. The van der Waals surface area contributed by atoms with Crippen LogP contribution in [0.2, 0.25) is 0 Å². The lowest BCUT2D eigenvalue weighted by atomic mass is 10.1. The van der Waals surface area contributed by atoms with Crippen molar-refractivity contribution in [1.82, 2.24) is 10.6 Å². The van der Waals surface area contributed by atoms with Crippen LogP contribution in [0.15, 0.2) is 29.6 Å². The highest BCUT2D eigenvalue weighted by Gasteiger charge is 2.29. The predicted octanol–water partition coefficient (Wildman–Crippen LogP) is 3.38. The molecule has 5 heteroatoms. The maximum absolute atomic E-state index is 12.1. The van der Waals surface area contributed by atoms with Crippen molar-refractivity contribution in [1.29, 1.82) is 0 Å². The van der Waals surface area contributed by atoms with Crippen LogP contribution < -0.4 is 10.6 Å². The highest BCUT2D eigenvalue weighted by atomic mass is 32.1. The van der Waals surface area contributed by atoms with Crippen LogP contribution in [0.4, 0.5) is 0 Å². The van der Waals surface area contributed by atoms with Gasteiger partial charge < -0.3 is 10.6 Å². The van der Waals surface area contributed by atoms with Crippen molar-refractivity contribution in [2.75, 3.05) is 6.54 Å². The monoisotopic (exact) mass is 330 g/mol. The zero-order chi connectivity index (χ0) is 16.2. The summed E-state index contributed by atoms with van der Waals surface area (Å²) in [7, 11) is 0. The summed E-state index contributed by atoms with van der Waals surface area (Å²) >= 11 is 1.70. The Morgan fingerprint density at radius 3 is 2.87 bits per heavy atom. The van der Waals surface area contributed by atoms with Gasteiger partial charge in [0.05, 0.1) is 6.04 Å². The SMILES string of the molecule is C[C@H](NC(=O)CCCNC(=O)C1CC1)c1csc2ccccc12. The maximum atomic E-state index is 12.1. The third kappa shape index (κ3) is 4.10. The van der Waals surface area contributed by atoms with Crippen molar-refractivity contribution in [2.24, 2.45) is 5.92 Å². The van der Waals surface area contributed by atoms with Crippen molar-refractivity contribution in [3.63, 3.8) is 0 Å². The number of carbonyl (C=O) groups excluding carboxylic acids is 2. The van der Waals surface area contributed by atoms with Gasteiger partial charge in [0, 0.05) is 23.6 Å². The van der Waals surface area contributed by atoms with Crippen LogP contribution in [0.25, 0.3) is 10.1 Å². The summed E-state index contributed by atoms with van der Waals surface area (Å²) in [6.07, 6.45) is 3.15. The molecular weight excluding hydrogens is 308 g/mol. The van der Waals surface area contributed by atoms with Gasteiger partial charge in [-0.25, -0.2) is 0 Å². The van der Waals surface area contributed by atoms with E-state index in [1.165, 1.54) is 15.6 Å². The molecule has 1 fully saturated rings. The number of rotatable bonds is 7. The fourth-order valence-corrected chi connectivity index (χ4v) is 3.73. The summed E-state index contributed by atoms with van der Waals surface area (Å²) in [6, 6.07) is 8.25. The Labute approximate surface area is 140 Å². The number of hydrogen-bond acceptors (Lipinski definition) is 3. The molecule has 0 unspecified atom stereocenters. The molecule has 0 radical (unpaired) electrons. The Kier molecular flexibility index (Phi) is 4.96. The number of amides is 2. The van der Waals surface area contributed by atoms with E-state index in [4.69, 9.17) is 0 Å². The zero-order valence-corrected chi connectivity index (χ0v) is 14.1. The van der Waals surface area contributed by atoms with E-state index in [-0.39, 0.29) is 23.8 Å². The van der Waals surface area contributed by atoms with Crippen LogP contribution in [0, 0.1) is 5.92 Å². The summed E-state index contributed by atoms with van der Waals surface area (Å²) in [5, 5.41) is 9.27. The summed E-state index contributed by atoms with van der Waals surface area (Å²) in [6.45, 7) is 2.60. The number of benzene rings is 1. The molecule has 3 rings (SSSR count). The molecule has 1 aliphatic rings. The molecule has 122 valence electrons. The summed E-state index contributed by atoms with van der Waals surface area (Å²) in [5.74, 6) is 0.410. The van der Waals surface area contributed by atoms with Gasteiger partial charge >= 0.3 is 0 Å². The Balaban J connectivity index is 1.44. The zero-order valence-electron chi connectivity index (χ0n) is 13.3. The smallest absolute Gasteiger partial charge is 0.223 e. The van der Waals surface area contributed by atoms with Gasteiger partial charge in [-0.3, -0.25) is 9.59 Å². The number of thiophene rings is 1. The van der Waals surface area contributed by atoms with E-state index >= 15 is 0 Å². The summed E-state index contributed by atoms with van der Waals surface area (Å²) in [5.41, 5.74) is 1.17. The molecule has 2 aromatic rings. The topological polar surface area (TPSA) is 58.2 Å². The largest absolute Gasteiger partial charge is 0.356 e. The minimum Gasteiger partial charge on any atom is -0.356 e. The minimum absolute atomic E-state index is 0.000273. The average Bonchev–Trinajstić information content (AvgIpc) is 3.30. The second-order valence-electron chi connectivity index (χ2n) is 6.15. The van der Waals surface area contributed by atoms with Crippen molar-refractivity contribution in [2.45, 2.75) is 38.6 Å². The molecule has 1 aromatic carbocycles. The molecule has 0 saturated heterocycles. The van der Waals surface area contributed by atoms with Gasteiger partial charge in [0.2, 0.25) is 11.8 Å². The molecule has 4 nitrogen and oxygen atoms in total. The van der Waals surface area contributed by atoms with Crippen molar-refractivity contribution < 1.29 is 9.59 Å². The highest BCUT2D eigenvalue weighted by Crippen LogP contribution is 2.30. The fraction of sp³-hybridized carbons (Fsp3) is 0.444. The standard InChI is InChI=1S/C18H22N2O2S/c1-12(15-11-23-16-6-3-2-5-14(15)16)20-17(21)7-4-10-19-18(22)13-8-9-13/h2-3,5-6,11-13H,4,7-10H2,1H3,(H,19,22)(H,20,21)/t12-/m0/s1. The van der Waals surface area contributed by atoms with Crippen LogP contribution in [-0.4, -0.2) is 18.4 Å². The number of fused-ring (bicyclic) bond motifs is 1. The maximum Gasteiger partial charge on any atom is 0.223 e. The molecule has 1 saturated carbocycles. The lowest BCUT2D eigenvalue weighted by Crippen LogP contribution is -2.29. The van der Waals surface area contributed by atoms with Gasteiger partial charge in [-0.15, -0.1) is 11.3 Å². The van der Waals surface area contributed by atoms with E-state index < -0.39 is 0 Å². The molecule has 2 N–H and O–H groups in total. The normalized spacial score (nSPS) is 15.3. The number of nitrogens with one attached hydrogen (secondary N) is 2. The van der Waals surface area contributed by atoms with Crippen molar-refractivity contribution in [3.8, 4) is 0 Å². The second-order valence-corrected chi connectivity index (χ2v) is 7.06. The molecule has 0 spiro atoms. The molecule has 1 aliphatic carbocycles. The predicted molar refractivity (Wildman–Crippen MR) is 93.4 cm³/mol. The third-order valence-corrected chi connectivity index (χ3v) is 5.16. The third-order valence-electron chi connectivity index (χ3n) is 4.18. The lowest BCUT2D eigenvalue weighted by Gasteiger charge is -2.13. The first-order chi connectivity index (χ1) is 11.1. The highest BCUT2D eigenvalue weighted by molar-refractivity contribution is 7.17. The molecule has 1 aromatic heterocycles. The van der Waals surface area contributed by atoms with Crippen LogP contribution in [0.1, 0.15) is 44.2 Å². The molecule has 1 heterocycles. The van der Waals surface area contributed by atoms with Crippen LogP contribution in [0.5, 0.6) is 0 Å². The molecule has 1 atom stereocenters. The Bertz CT molecular complexity index is 706. The van der Waals surface area contributed by atoms with E-state index in [2.05, 4.69) is 28.1 Å². The summed E-state index contributed by atoms with van der Waals surface area (Å²) < 4.78 is 1.24. The second kappa shape index (κ2) is 7.13.